The van der Waals surface area contributed by atoms with Gasteiger partial charge in [-0.1, -0.05) is 31.5 Å². The maximum Gasteiger partial charge on any atom is 0.124 e. The van der Waals surface area contributed by atoms with Crippen LogP contribution in [0.1, 0.15) is 36.5 Å². The standard InChI is InChI=1S/C12H18O2/c1-8(2)11-6-9(3)5-10(7-14-4)12(11)13/h5-6,8,13H,7H2,1-4H3. The Kier molecular flexibility index (Phi) is 3.53. The average Bonchev–Trinajstić information content (AvgIpc) is 2.10. The highest BCUT2D eigenvalue weighted by molar-refractivity contribution is 5.44. The minimum Gasteiger partial charge on any atom is -0.507 e. The summed E-state index contributed by atoms with van der Waals surface area (Å²) in [5.41, 5.74) is 3.03. The third-order valence-electron chi connectivity index (χ3n) is 2.28. The summed E-state index contributed by atoms with van der Waals surface area (Å²) >= 11 is 0. The third kappa shape index (κ3) is 2.26. The first-order chi connectivity index (χ1) is 6.56. The van der Waals surface area contributed by atoms with Crippen molar-refractivity contribution in [3.63, 3.8) is 0 Å². The Morgan fingerprint density at radius 1 is 1.36 bits per heavy atom. The summed E-state index contributed by atoms with van der Waals surface area (Å²) in [5, 5.41) is 9.93. The Balaban J connectivity index is 3.18. The molecular weight excluding hydrogens is 176 g/mol. The highest BCUT2D eigenvalue weighted by Gasteiger charge is 2.10. The van der Waals surface area contributed by atoms with E-state index in [2.05, 4.69) is 13.8 Å². The minimum atomic E-state index is 0.338. The molecule has 1 rings (SSSR count). The van der Waals surface area contributed by atoms with Gasteiger partial charge in [-0.15, -0.1) is 0 Å². The number of ether oxygens (including phenoxy) is 1. The largest absolute Gasteiger partial charge is 0.507 e. The van der Waals surface area contributed by atoms with Crippen molar-refractivity contribution >= 4 is 0 Å². The molecule has 0 fully saturated rings. The predicted molar refractivity (Wildman–Crippen MR) is 57.6 cm³/mol. The van der Waals surface area contributed by atoms with E-state index in [1.165, 1.54) is 5.56 Å². The average molecular weight is 194 g/mol. The van der Waals surface area contributed by atoms with E-state index in [-0.39, 0.29) is 0 Å². The molecule has 14 heavy (non-hydrogen) atoms. The van der Waals surface area contributed by atoms with Crippen molar-refractivity contribution in [3.05, 3.63) is 28.8 Å². The molecule has 2 heteroatoms. The van der Waals surface area contributed by atoms with Crippen LogP contribution in [0.25, 0.3) is 0 Å². The maximum atomic E-state index is 9.93. The van der Waals surface area contributed by atoms with Crippen LogP contribution in [0.5, 0.6) is 5.75 Å². The van der Waals surface area contributed by atoms with Crippen molar-refractivity contribution in [2.45, 2.75) is 33.3 Å². The number of aromatic hydroxyl groups is 1. The summed E-state index contributed by atoms with van der Waals surface area (Å²) in [6.07, 6.45) is 0. The van der Waals surface area contributed by atoms with Gasteiger partial charge in [0.1, 0.15) is 5.75 Å². The van der Waals surface area contributed by atoms with Crippen molar-refractivity contribution < 1.29 is 9.84 Å². The van der Waals surface area contributed by atoms with E-state index in [0.29, 0.717) is 18.3 Å². The molecule has 0 spiro atoms. The second kappa shape index (κ2) is 4.47. The van der Waals surface area contributed by atoms with Crippen molar-refractivity contribution in [3.8, 4) is 5.75 Å². The first-order valence-electron chi connectivity index (χ1n) is 4.87. The van der Waals surface area contributed by atoms with Crippen LogP contribution in [-0.2, 0) is 11.3 Å². The van der Waals surface area contributed by atoms with Gasteiger partial charge in [0.25, 0.3) is 0 Å². The second-order valence-corrected chi connectivity index (χ2v) is 3.95. The molecule has 2 nitrogen and oxygen atoms in total. The van der Waals surface area contributed by atoms with Gasteiger partial charge in [-0.05, 0) is 18.4 Å². The molecule has 0 bridgehead atoms. The Hall–Kier alpha value is -1.02. The van der Waals surface area contributed by atoms with Crippen LogP contribution in [0, 0.1) is 6.92 Å². The molecule has 0 aromatic heterocycles. The van der Waals surface area contributed by atoms with E-state index >= 15 is 0 Å². The monoisotopic (exact) mass is 194 g/mol. The first kappa shape index (κ1) is 11.1. The molecule has 0 aliphatic heterocycles. The topological polar surface area (TPSA) is 29.5 Å². The van der Waals surface area contributed by atoms with Crippen LogP contribution >= 0.6 is 0 Å². The lowest BCUT2D eigenvalue weighted by molar-refractivity contribution is 0.181. The molecule has 0 amide bonds. The molecule has 1 aromatic carbocycles. The molecule has 1 aromatic rings. The Labute approximate surface area is 85.5 Å². The molecule has 78 valence electrons. The summed E-state index contributed by atoms with van der Waals surface area (Å²) in [6, 6.07) is 3.99. The van der Waals surface area contributed by atoms with Gasteiger partial charge in [0.05, 0.1) is 6.61 Å². The summed E-state index contributed by atoms with van der Waals surface area (Å²) in [4.78, 5) is 0. The molecule has 0 atom stereocenters. The summed E-state index contributed by atoms with van der Waals surface area (Å²) in [7, 11) is 1.64. The zero-order chi connectivity index (χ0) is 10.7. The van der Waals surface area contributed by atoms with Gasteiger partial charge in [-0.2, -0.15) is 0 Å². The van der Waals surface area contributed by atoms with Crippen LogP contribution in [0.2, 0.25) is 0 Å². The zero-order valence-corrected chi connectivity index (χ0v) is 9.29. The van der Waals surface area contributed by atoms with E-state index < -0.39 is 0 Å². The van der Waals surface area contributed by atoms with Crippen molar-refractivity contribution in [2.24, 2.45) is 0 Å². The van der Waals surface area contributed by atoms with Gasteiger partial charge < -0.3 is 9.84 Å². The number of methoxy groups -OCH3 is 1. The molecule has 0 saturated carbocycles. The van der Waals surface area contributed by atoms with Gasteiger partial charge in [0.2, 0.25) is 0 Å². The molecule has 0 unspecified atom stereocenters. The number of aryl methyl sites for hydroxylation is 1. The summed E-state index contributed by atoms with van der Waals surface area (Å²) in [5.74, 6) is 0.720. The van der Waals surface area contributed by atoms with Gasteiger partial charge in [0, 0.05) is 12.7 Å². The number of phenolic OH excluding ortho intramolecular Hbond substituents is 1. The highest BCUT2D eigenvalue weighted by atomic mass is 16.5. The number of benzene rings is 1. The number of hydrogen-bond donors (Lipinski definition) is 1. The quantitative estimate of drug-likeness (QED) is 0.801. The van der Waals surface area contributed by atoms with Crippen LogP contribution in [-0.4, -0.2) is 12.2 Å². The molecule has 0 saturated heterocycles. The molecule has 0 radical (unpaired) electrons. The van der Waals surface area contributed by atoms with Crippen LogP contribution < -0.4 is 0 Å². The lowest BCUT2D eigenvalue weighted by Gasteiger charge is -2.13. The fourth-order valence-electron chi connectivity index (χ4n) is 1.59. The minimum absolute atomic E-state index is 0.338. The maximum absolute atomic E-state index is 9.93. The fraction of sp³-hybridized carbons (Fsp3) is 0.500. The molecular formula is C12H18O2. The number of hydrogen-bond acceptors (Lipinski definition) is 2. The molecule has 0 heterocycles. The summed E-state index contributed by atoms with van der Waals surface area (Å²) < 4.78 is 5.04. The van der Waals surface area contributed by atoms with E-state index in [4.69, 9.17) is 4.74 Å². The Morgan fingerprint density at radius 2 is 2.00 bits per heavy atom. The first-order valence-corrected chi connectivity index (χ1v) is 4.87. The lowest BCUT2D eigenvalue weighted by atomic mass is 9.97. The van der Waals surface area contributed by atoms with Crippen molar-refractivity contribution in [2.75, 3.05) is 7.11 Å². The third-order valence-corrected chi connectivity index (χ3v) is 2.28. The smallest absolute Gasteiger partial charge is 0.124 e. The second-order valence-electron chi connectivity index (χ2n) is 3.95. The van der Waals surface area contributed by atoms with E-state index in [0.717, 1.165) is 11.1 Å². The zero-order valence-electron chi connectivity index (χ0n) is 9.29. The summed E-state index contributed by atoms with van der Waals surface area (Å²) in [6.45, 7) is 6.65. The van der Waals surface area contributed by atoms with E-state index in [1.807, 2.05) is 19.1 Å². The van der Waals surface area contributed by atoms with Crippen LogP contribution in [0.3, 0.4) is 0 Å². The van der Waals surface area contributed by atoms with Gasteiger partial charge in [0.15, 0.2) is 0 Å². The van der Waals surface area contributed by atoms with Crippen molar-refractivity contribution in [1.82, 2.24) is 0 Å². The highest BCUT2D eigenvalue weighted by Crippen LogP contribution is 2.30. The normalized spacial score (nSPS) is 10.9. The SMILES string of the molecule is COCc1cc(C)cc(C(C)C)c1O. The van der Waals surface area contributed by atoms with Gasteiger partial charge in [-0.3, -0.25) is 0 Å². The van der Waals surface area contributed by atoms with Crippen molar-refractivity contribution in [1.29, 1.82) is 0 Å². The van der Waals surface area contributed by atoms with Gasteiger partial charge >= 0.3 is 0 Å². The fourth-order valence-corrected chi connectivity index (χ4v) is 1.59. The predicted octanol–water partition coefficient (Wildman–Crippen LogP) is 2.97. The van der Waals surface area contributed by atoms with Crippen LogP contribution in [0.15, 0.2) is 12.1 Å². The number of phenols is 1. The number of rotatable bonds is 3. The van der Waals surface area contributed by atoms with E-state index in [9.17, 15) is 5.11 Å². The molecule has 0 aliphatic carbocycles. The van der Waals surface area contributed by atoms with Crippen LogP contribution in [0.4, 0.5) is 0 Å². The van der Waals surface area contributed by atoms with E-state index in [1.54, 1.807) is 7.11 Å². The lowest BCUT2D eigenvalue weighted by Crippen LogP contribution is -1.96. The Bertz CT molecular complexity index is 316. The molecule has 1 N–H and O–H groups in total. The Morgan fingerprint density at radius 3 is 2.50 bits per heavy atom. The molecule has 0 aliphatic rings. The van der Waals surface area contributed by atoms with Gasteiger partial charge in [-0.25, -0.2) is 0 Å².